The number of carbonyl (C=O) groups excluding carboxylic acids is 1. The Morgan fingerprint density at radius 2 is 2.33 bits per heavy atom. The maximum absolute atomic E-state index is 10.9. The summed E-state index contributed by atoms with van der Waals surface area (Å²) in [6.45, 7) is 3.28. The molecule has 0 rings (SSSR count). The number of nitrogens with one attached hydrogen (secondary N) is 1. The van der Waals surface area contributed by atoms with Gasteiger partial charge in [0.1, 0.15) is 0 Å². The van der Waals surface area contributed by atoms with Gasteiger partial charge in [-0.25, -0.2) is 4.79 Å². The molecule has 1 amide bonds. The van der Waals surface area contributed by atoms with Crippen LogP contribution in [-0.4, -0.2) is 31.3 Å². The van der Waals surface area contributed by atoms with Gasteiger partial charge in [0.05, 0.1) is 6.61 Å². The maximum atomic E-state index is 10.9. The molecule has 0 spiro atoms. The van der Waals surface area contributed by atoms with Gasteiger partial charge < -0.3 is 10.1 Å². The molecule has 1 N–H and O–H groups in total. The highest BCUT2D eigenvalue weighted by molar-refractivity contribution is 7.98. The molecule has 0 saturated carbocycles. The zero-order chi connectivity index (χ0) is 9.23. The van der Waals surface area contributed by atoms with Crippen LogP contribution in [0.1, 0.15) is 19.8 Å². The highest BCUT2D eigenvalue weighted by atomic mass is 32.2. The Hall–Kier alpha value is -0.380. The molecule has 0 unspecified atom stereocenters. The van der Waals surface area contributed by atoms with Gasteiger partial charge in [-0.2, -0.15) is 11.8 Å². The molecule has 0 bridgehead atoms. The summed E-state index contributed by atoms with van der Waals surface area (Å²) >= 11 is 1.70. The lowest BCUT2D eigenvalue weighted by Gasteiger charge is -2.04. The first kappa shape index (κ1) is 11.6. The second-order valence-electron chi connectivity index (χ2n) is 2.41. The van der Waals surface area contributed by atoms with E-state index in [9.17, 15) is 4.79 Å². The van der Waals surface area contributed by atoms with Crippen LogP contribution in [0.2, 0.25) is 0 Å². The van der Waals surface area contributed by atoms with E-state index < -0.39 is 0 Å². The molecule has 0 aliphatic carbocycles. The first-order chi connectivity index (χ1) is 5.81. The van der Waals surface area contributed by atoms with Gasteiger partial charge >= 0.3 is 6.09 Å². The van der Waals surface area contributed by atoms with Gasteiger partial charge in [-0.3, -0.25) is 0 Å². The van der Waals surface area contributed by atoms with E-state index in [1.165, 1.54) is 0 Å². The summed E-state index contributed by atoms with van der Waals surface area (Å²) in [5.74, 6) is 0.933. The van der Waals surface area contributed by atoms with Crippen LogP contribution in [0.4, 0.5) is 4.79 Å². The Bertz CT molecular complexity index is 108. The molecule has 0 aliphatic rings. The van der Waals surface area contributed by atoms with Gasteiger partial charge in [-0.1, -0.05) is 13.3 Å². The van der Waals surface area contributed by atoms with Crippen molar-refractivity contribution in [3.05, 3.63) is 0 Å². The highest BCUT2D eigenvalue weighted by Gasteiger charge is 1.98. The van der Waals surface area contributed by atoms with Crippen molar-refractivity contribution in [1.82, 2.24) is 5.32 Å². The number of unbranched alkanes of at least 4 members (excludes halogenated alkanes) is 1. The van der Waals surface area contributed by atoms with Crippen LogP contribution in [0.3, 0.4) is 0 Å². The summed E-state index contributed by atoms with van der Waals surface area (Å²) < 4.78 is 4.87. The molecule has 0 aromatic carbocycles. The summed E-state index contributed by atoms with van der Waals surface area (Å²) in [7, 11) is 0. The van der Waals surface area contributed by atoms with Crippen molar-refractivity contribution in [2.45, 2.75) is 19.8 Å². The van der Waals surface area contributed by atoms with Crippen LogP contribution in [0, 0.1) is 0 Å². The van der Waals surface area contributed by atoms with Crippen LogP contribution in [-0.2, 0) is 4.74 Å². The van der Waals surface area contributed by atoms with Crippen LogP contribution >= 0.6 is 11.8 Å². The molecule has 0 heterocycles. The molecule has 3 nitrogen and oxygen atoms in total. The fraction of sp³-hybridized carbons (Fsp3) is 0.875. The number of thioether (sulfide) groups is 1. The minimum Gasteiger partial charge on any atom is -0.450 e. The Balaban J connectivity index is 3.10. The molecule has 0 saturated heterocycles. The first-order valence-electron chi connectivity index (χ1n) is 4.20. The topological polar surface area (TPSA) is 38.3 Å². The molecule has 4 heteroatoms. The average molecular weight is 191 g/mol. The number of hydrogen-bond donors (Lipinski definition) is 1. The van der Waals surface area contributed by atoms with E-state index in [4.69, 9.17) is 4.74 Å². The number of alkyl carbamates (subject to hydrolysis) is 1. The van der Waals surface area contributed by atoms with E-state index in [1.54, 1.807) is 11.8 Å². The number of hydrogen-bond acceptors (Lipinski definition) is 3. The summed E-state index contributed by atoms with van der Waals surface area (Å²) in [6, 6.07) is 0. The monoisotopic (exact) mass is 191 g/mol. The first-order valence-corrected chi connectivity index (χ1v) is 5.60. The SMILES string of the molecule is CCCCOC(=O)NCCSC. The van der Waals surface area contributed by atoms with Crippen molar-refractivity contribution in [3.63, 3.8) is 0 Å². The van der Waals surface area contributed by atoms with Crippen LogP contribution in [0.5, 0.6) is 0 Å². The molecule has 12 heavy (non-hydrogen) atoms. The summed E-state index contributed by atoms with van der Waals surface area (Å²) in [6.07, 6.45) is 3.70. The fourth-order valence-corrected chi connectivity index (χ4v) is 0.922. The Morgan fingerprint density at radius 1 is 1.58 bits per heavy atom. The fourth-order valence-electron chi connectivity index (χ4n) is 0.615. The predicted molar refractivity (Wildman–Crippen MR) is 52.6 cm³/mol. The minimum absolute atomic E-state index is 0.294. The highest BCUT2D eigenvalue weighted by Crippen LogP contribution is 1.90. The van der Waals surface area contributed by atoms with E-state index in [0.717, 1.165) is 18.6 Å². The van der Waals surface area contributed by atoms with Crippen LogP contribution in [0.25, 0.3) is 0 Å². The van der Waals surface area contributed by atoms with Crippen molar-refractivity contribution in [1.29, 1.82) is 0 Å². The summed E-state index contributed by atoms with van der Waals surface area (Å²) in [4.78, 5) is 10.9. The molecule has 0 aromatic heterocycles. The number of rotatable bonds is 6. The Kier molecular flexibility index (Phi) is 8.44. The molecule has 0 fully saturated rings. The Labute approximate surface area is 78.2 Å². The smallest absolute Gasteiger partial charge is 0.407 e. The summed E-state index contributed by atoms with van der Waals surface area (Å²) in [5.41, 5.74) is 0. The predicted octanol–water partition coefficient (Wildman–Crippen LogP) is 1.88. The van der Waals surface area contributed by atoms with Gasteiger partial charge in [0, 0.05) is 12.3 Å². The average Bonchev–Trinajstić information content (AvgIpc) is 2.06. The van der Waals surface area contributed by atoms with Gasteiger partial charge in [0.2, 0.25) is 0 Å². The van der Waals surface area contributed by atoms with Crippen LogP contribution in [0.15, 0.2) is 0 Å². The van der Waals surface area contributed by atoms with Crippen molar-refractivity contribution in [2.24, 2.45) is 0 Å². The van der Waals surface area contributed by atoms with E-state index in [2.05, 4.69) is 12.2 Å². The van der Waals surface area contributed by atoms with Crippen molar-refractivity contribution < 1.29 is 9.53 Å². The lowest BCUT2D eigenvalue weighted by atomic mass is 10.4. The lowest BCUT2D eigenvalue weighted by molar-refractivity contribution is 0.145. The van der Waals surface area contributed by atoms with Gasteiger partial charge in [0.25, 0.3) is 0 Å². The molecule has 72 valence electrons. The zero-order valence-corrected chi connectivity index (χ0v) is 8.58. The molecule has 0 aromatic rings. The van der Waals surface area contributed by atoms with E-state index in [0.29, 0.717) is 13.2 Å². The number of ether oxygens (including phenoxy) is 1. The van der Waals surface area contributed by atoms with Gasteiger partial charge in [-0.15, -0.1) is 0 Å². The second kappa shape index (κ2) is 8.71. The lowest BCUT2D eigenvalue weighted by Crippen LogP contribution is -2.26. The normalized spacial score (nSPS) is 9.50. The maximum Gasteiger partial charge on any atom is 0.407 e. The minimum atomic E-state index is -0.294. The molecule has 0 atom stereocenters. The third-order valence-corrected chi connectivity index (χ3v) is 1.92. The van der Waals surface area contributed by atoms with Gasteiger partial charge in [0.15, 0.2) is 0 Å². The molecule has 0 radical (unpaired) electrons. The van der Waals surface area contributed by atoms with Crippen molar-refractivity contribution in [2.75, 3.05) is 25.2 Å². The number of amides is 1. The molecule has 0 aliphatic heterocycles. The third-order valence-electron chi connectivity index (χ3n) is 1.31. The Morgan fingerprint density at radius 3 is 2.92 bits per heavy atom. The quantitative estimate of drug-likeness (QED) is 0.651. The standard InChI is InChI=1S/C8H17NO2S/c1-3-4-6-11-8(10)9-5-7-12-2/h3-7H2,1-2H3,(H,9,10). The summed E-state index contributed by atoms with van der Waals surface area (Å²) in [5, 5.41) is 2.66. The third kappa shape index (κ3) is 7.72. The van der Waals surface area contributed by atoms with Crippen molar-refractivity contribution in [3.8, 4) is 0 Å². The van der Waals surface area contributed by atoms with Crippen LogP contribution < -0.4 is 5.32 Å². The number of carbonyl (C=O) groups is 1. The van der Waals surface area contributed by atoms with E-state index in [-0.39, 0.29) is 6.09 Å². The van der Waals surface area contributed by atoms with E-state index in [1.807, 2.05) is 6.26 Å². The largest absolute Gasteiger partial charge is 0.450 e. The second-order valence-corrected chi connectivity index (χ2v) is 3.39. The van der Waals surface area contributed by atoms with E-state index >= 15 is 0 Å². The van der Waals surface area contributed by atoms with Crippen molar-refractivity contribution >= 4 is 17.9 Å². The zero-order valence-electron chi connectivity index (χ0n) is 7.76. The molecular formula is C8H17NO2S. The molecular weight excluding hydrogens is 174 g/mol. The van der Waals surface area contributed by atoms with Gasteiger partial charge in [-0.05, 0) is 12.7 Å².